The summed E-state index contributed by atoms with van der Waals surface area (Å²) in [6.07, 6.45) is 0. The van der Waals surface area contributed by atoms with Crippen LogP contribution in [0.25, 0.3) is 0 Å². The Morgan fingerprint density at radius 3 is 1.45 bits per heavy atom. The highest BCUT2D eigenvalue weighted by molar-refractivity contribution is 7.80. The van der Waals surface area contributed by atoms with E-state index >= 15 is 0 Å². The van der Waals surface area contributed by atoms with Crippen LogP contribution in [0.5, 0.6) is 0 Å². The van der Waals surface area contributed by atoms with Crippen LogP contribution in [0.1, 0.15) is 37.5 Å². The van der Waals surface area contributed by atoms with Crippen molar-refractivity contribution in [1.82, 2.24) is 5.32 Å². The topological polar surface area (TPSA) is 38.3 Å². The first-order valence-corrected chi connectivity index (χ1v) is 10.8. The first kappa shape index (κ1) is 25.0. The van der Waals surface area contributed by atoms with E-state index in [1.165, 1.54) is 0 Å². The highest BCUT2D eigenvalue weighted by Gasteiger charge is 2.40. The summed E-state index contributed by atoms with van der Waals surface area (Å²) in [7, 11) is 0. The van der Waals surface area contributed by atoms with Gasteiger partial charge in [-0.05, 0) is 37.5 Å². The summed E-state index contributed by atoms with van der Waals surface area (Å²) in [6.45, 7) is 5.62. The van der Waals surface area contributed by atoms with Gasteiger partial charge in [0.15, 0.2) is 0 Å². The van der Waals surface area contributed by atoms with Gasteiger partial charge in [0.1, 0.15) is 11.6 Å². The summed E-state index contributed by atoms with van der Waals surface area (Å²) in [4.78, 5) is 13.0. The van der Waals surface area contributed by atoms with Gasteiger partial charge in [-0.3, -0.25) is 10.1 Å². The quantitative estimate of drug-likeness (QED) is 0.275. The molecule has 0 heterocycles. The lowest BCUT2D eigenvalue weighted by Gasteiger charge is -2.39. The predicted molar refractivity (Wildman–Crippen MR) is 133 cm³/mol. The third-order valence-electron chi connectivity index (χ3n) is 4.89. The molecule has 0 saturated heterocycles. The summed E-state index contributed by atoms with van der Waals surface area (Å²) in [5, 5.41) is 3.64. The summed E-state index contributed by atoms with van der Waals surface area (Å²) in [6, 6.07) is 30.0. The number of rotatable bonds is 7. The van der Waals surface area contributed by atoms with Crippen LogP contribution in [0.2, 0.25) is 0 Å². The minimum atomic E-state index is -0.742. The second-order valence-electron chi connectivity index (χ2n) is 8.26. The van der Waals surface area contributed by atoms with Gasteiger partial charge in [-0.15, -0.1) is 12.4 Å². The van der Waals surface area contributed by atoms with Gasteiger partial charge < -0.3 is 4.74 Å². The maximum Gasteiger partial charge on any atom is 0.324 e. The Bertz CT molecular complexity index is 847. The number of ether oxygens (including phenoxy) is 1. The van der Waals surface area contributed by atoms with Gasteiger partial charge in [-0.1, -0.05) is 91.0 Å². The van der Waals surface area contributed by atoms with Crippen LogP contribution >= 0.6 is 25.0 Å². The summed E-state index contributed by atoms with van der Waals surface area (Å²) in [5.41, 5.74) is 1.80. The van der Waals surface area contributed by atoms with E-state index in [1.54, 1.807) is 0 Å². The number of nitrogens with one attached hydrogen (secondary N) is 1. The average Bonchev–Trinajstić information content (AvgIpc) is 2.75. The van der Waals surface area contributed by atoms with Crippen molar-refractivity contribution in [3.8, 4) is 0 Å². The lowest BCUT2D eigenvalue weighted by molar-refractivity contribution is -0.157. The van der Waals surface area contributed by atoms with Crippen molar-refractivity contribution in [2.45, 2.75) is 38.0 Å². The summed E-state index contributed by atoms with van der Waals surface area (Å²) >= 11 is 4.49. The third kappa shape index (κ3) is 5.91. The normalized spacial score (nSPS) is 12.5. The number of benzene rings is 3. The number of hydrogen-bond acceptors (Lipinski definition) is 4. The molecule has 3 aromatic carbocycles. The van der Waals surface area contributed by atoms with Crippen molar-refractivity contribution in [2.24, 2.45) is 0 Å². The molecule has 1 N–H and O–H groups in total. The van der Waals surface area contributed by atoms with Crippen molar-refractivity contribution in [2.75, 3.05) is 5.75 Å². The molecule has 0 saturated carbocycles. The molecular formula is C26H30ClNO2S. The number of halogens is 1. The highest BCUT2D eigenvalue weighted by Crippen LogP contribution is 2.37. The molecule has 0 amide bonds. The first-order valence-electron chi connectivity index (χ1n) is 10.1. The van der Waals surface area contributed by atoms with Gasteiger partial charge >= 0.3 is 5.97 Å². The molecule has 0 bridgehead atoms. The molecule has 0 spiro atoms. The molecular weight excluding hydrogens is 426 g/mol. The summed E-state index contributed by atoms with van der Waals surface area (Å²) in [5.74, 6) is -0.00643. The van der Waals surface area contributed by atoms with Gasteiger partial charge in [-0.2, -0.15) is 12.6 Å². The Balaban J connectivity index is 0.00000341. The minimum absolute atomic E-state index is 0. The molecule has 164 valence electrons. The number of thiol groups is 1. The van der Waals surface area contributed by atoms with E-state index in [2.05, 4.69) is 54.3 Å². The first-order chi connectivity index (χ1) is 14.4. The molecule has 31 heavy (non-hydrogen) atoms. The lowest BCUT2D eigenvalue weighted by atomic mass is 9.76. The molecule has 0 aliphatic carbocycles. The van der Waals surface area contributed by atoms with E-state index < -0.39 is 17.2 Å². The molecule has 3 aromatic rings. The van der Waals surface area contributed by atoms with E-state index in [0.29, 0.717) is 5.75 Å². The molecule has 0 unspecified atom stereocenters. The Morgan fingerprint density at radius 1 is 0.806 bits per heavy atom. The molecule has 3 nitrogen and oxygen atoms in total. The number of hydrogen-bond donors (Lipinski definition) is 2. The molecule has 0 aliphatic heterocycles. The minimum Gasteiger partial charge on any atom is -0.459 e. The Labute approximate surface area is 197 Å². The van der Waals surface area contributed by atoms with E-state index in [0.717, 1.165) is 16.7 Å². The van der Waals surface area contributed by atoms with Gasteiger partial charge in [0.05, 0.1) is 5.54 Å². The zero-order valence-corrected chi connectivity index (χ0v) is 19.8. The lowest BCUT2D eigenvalue weighted by Crippen LogP contribution is -2.54. The fourth-order valence-electron chi connectivity index (χ4n) is 3.63. The van der Waals surface area contributed by atoms with Gasteiger partial charge in [0.2, 0.25) is 0 Å². The van der Waals surface area contributed by atoms with E-state index in [4.69, 9.17) is 4.74 Å². The fourth-order valence-corrected chi connectivity index (χ4v) is 3.87. The van der Waals surface area contributed by atoms with Crippen LogP contribution in [-0.4, -0.2) is 23.4 Å². The molecule has 0 aliphatic rings. The Kier molecular flexibility index (Phi) is 8.75. The predicted octanol–water partition coefficient (Wildman–Crippen LogP) is 5.63. The fraction of sp³-hybridized carbons (Fsp3) is 0.269. The molecule has 0 radical (unpaired) electrons. The third-order valence-corrected chi connectivity index (χ3v) is 5.25. The average molecular weight is 456 g/mol. The maximum atomic E-state index is 13.0. The monoisotopic (exact) mass is 455 g/mol. The van der Waals surface area contributed by atoms with Crippen LogP contribution in [0.4, 0.5) is 0 Å². The van der Waals surface area contributed by atoms with Crippen molar-refractivity contribution >= 4 is 31.0 Å². The molecule has 1 atom stereocenters. The number of carbonyl (C=O) groups is 1. The van der Waals surface area contributed by atoms with Crippen molar-refractivity contribution < 1.29 is 9.53 Å². The van der Waals surface area contributed by atoms with E-state index in [-0.39, 0.29) is 18.4 Å². The second-order valence-corrected chi connectivity index (χ2v) is 8.63. The van der Waals surface area contributed by atoms with E-state index in [9.17, 15) is 4.79 Å². The van der Waals surface area contributed by atoms with E-state index in [1.807, 2.05) is 75.4 Å². The number of carbonyl (C=O) groups excluding carboxylic acids is 1. The number of esters is 1. The second kappa shape index (κ2) is 10.9. The van der Waals surface area contributed by atoms with Crippen LogP contribution < -0.4 is 5.32 Å². The van der Waals surface area contributed by atoms with Crippen LogP contribution in [0.3, 0.4) is 0 Å². The zero-order chi connectivity index (χ0) is 21.6. The van der Waals surface area contributed by atoms with Gasteiger partial charge in [-0.25, -0.2) is 0 Å². The highest BCUT2D eigenvalue weighted by atomic mass is 35.5. The van der Waals surface area contributed by atoms with Crippen molar-refractivity contribution in [3.63, 3.8) is 0 Å². The molecule has 0 aromatic heterocycles. The molecule has 0 fully saturated rings. The molecule has 3 rings (SSSR count). The van der Waals surface area contributed by atoms with Crippen LogP contribution in [0, 0.1) is 0 Å². The zero-order valence-electron chi connectivity index (χ0n) is 18.1. The molecule has 5 heteroatoms. The van der Waals surface area contributed by atoms with Crippen molar-refractivity contribution in [3.05, 3.63) is 108 Å². The largest absolute Gasteiger partial charge is 0.459 e. The summed E-state index contributed by atoms with van der Waals surface area (Å²) < 4.78 is 5.69. The smallest absolute Gasteiger partial charge is 0.324 e. The van der Waals surface area contributed by atoms with Crippen molar-refractivity contribution in [1.29, 1.82) is 0 Å². The van der Waals surface area contributed by atoms with Crippen LogP contribution in [0.15, 0.2) is 91.0 Å². The van der Waals surface area contributed by atoms with Gasteiger partial charge in [0.25, 0.3) is 0 Å². The standard InChI is InChI=1S/C26H29NO2S.ClH/c1-25(2,3)29-24(28)23(19-30)27-26(20-13-7-4-8-14-20,21-15-9-5-10-16-21)22-17-11-6-12-18-22;/h4-18,23,27,30H,19H2,1-3H3;1H/t23-;/m1./s1. The van der Waals surface area contributed by atoms with Gasteiger partial charge in [0, 0.05) is 5.75 Å². The van der Waals surface area contributed by atoms with Crippen LogP contribution in [-0.2, 0) is 15.1 Å². The maximum absolute atomic E-state index is 13.0. The Hall–Kier alpha value is -2.27. The SMILES string of the molecule is CC(C)(C)OC(=O)[C@@H](CS)NC(c1ccccc1)(c1ccccc1)c1ccccc1.Cl. The Morgan fingerprint density at radius 2 is 1.16 bits per heavy atom.